The Bertz CT molecular complexity index is 144. The van der Waals surface area contributed by atoms with Gasteiger partial charge in [0.2, 0.25) is 0 Å². The van der Waals surface area contributed by atoms with Gasteiger partial charge in [0.25, 0.3) is 0 Å². The fourth-order valence-electron chi connectivity index (χ4n) is 0.592. The van der Waals surface area contributed by atoms with Crippen molar-refractivity contribution in [1.82, 2.24) is 5.17 Å². The van der Waals surface area contributed by atoms with Gasteiger partial charge in [-0.1, -0.05) is 0 Å². The third-order valence-corrected chi connectivity index (χ3v) is 0.894. The van der Waals surface area contributed by atoms with Crippen LogP contribution in [0, 0.1) is 0 Å². The van der Waals surface area contributed by atoms with E-state index in [0.717, 1.165) is 6.42 Å². The fourth-order valence-corrected chi connectivity index (χ4v) is 0.592. The van der Waals surface area contributed by atoms with Crippen LogP contribution in [0.3, 0.4) is 0 Å². The predicted octanol–water partition coefficient (Wildman–Crippen LogP) is 0.156. The van der Waals surface area contributed by atoms with Crippen molar-refractivity contribution in [2.24, 2.45) is 5.10 Å². The van der Waals surface area contributed by atoms with Gasteiger partial charge in [0.1, 0.15) is 0 Å². The molecule has 0 fully saturated rings. The van der Waals surface area contributed by atoms with E-state index in [2.05, 4.69) is 9.94 Å². The Hall–Kier alpha value is -1.06. The highest BCUT2D eigenvalue weighted by molar-refractivity contribution is 5.66. The van der Waals surface area contributed by atoms with E-state index >= 15 is 0 Å². The van der Waals surface area contributed by atoms with Crippen LogP contribution in [0.1, 0.15) is 13.3 Å². The predicted molar refractivity (Wildman–Crippen MR) is 31.6 cm³/mol. The van der Waals surface area contributed by atoms with Crippen LogP contribution in [0.4, 0.5) is 0 Å². The maximum absolute atomic E-state index is 10.3. The van der Waals surface area contributed by atoms with E-state index in [1.807, 2.05) is 0 Å². The van der Waals surface area contributed by atoms with Gasteiger partial charge < -0.3 is 4.84 Å². The van der Waals surface area contributed by atoms with Gasteiger partial charge in [-0.05, 0) is 0 Å². The fraction of sp³-hybridized carbons (Fsp3) is 0.600. The molecule has 4 heteroatoms. The SMILES string of the molecule is CC(=O)ON1CCC=N1. The summed E-state index contributed by atoms with van der Waals surface area (Å²) >= 11 is 0. The third kappa shape index (κ3) is 1.71. The highest BCUT2D eigenvalue weighted by Crippen LogP contribution is 1.99. The molecular formula is C5H8N2O2. The van der Waals surface area contributed by atoms with E-state index in [-0.39, 0.29) is 5.97 Å². The van der Waals surface area contributed by atoms with Crippen molar-refractivity contribution >= 4 is 12.2 Å². The van der Waals surface area contributed by atoms with Crippen molar-refractivity contribution in [3.8, 4) is 0 Å². The summed E-state index contributed by atoms with van der Waals surface area (Å²) in [4.78, 5) is 14.9. The first-order chi connectivity index (χ1) is 4.29. The number of rotatable bonds is 1. The molecule has 1 aliphatic rings. The Morgan fingerprint density at radius 3 is 3.11 bits per heavy atom. The summed E-state index contributed by atoms with van der Waals surface area (Å²) in [6.07, 6.45) is 2.57. The third-order valence-electron chi connectivity index (χ3n) is 0.894. The summed E-state index contributed by atoms with van der Waals surface area (Å²) in [5.74, 6) is -0.325. The van der Waals surface area contributed by atoms with Crippen molar-refractivity contribution in [2.45, 2.75) is 13.3 Å². The van der Waals surface area contributed by atoms with Gasteiger partial charge in [-0.3, -0.25) is 0 Å². The lowest BCUT2D eigenvalue weighted by molar-refractivity contribution is -0.185. The van der Waals surface area contributed by atoms with Gasteiger partial charge in [-0.15, -0.1) is 5.17 Å². The van der Waals surface area contributed by atoms with Gasteiger partial charge >= 0.3 is 5.97 Å². The van der Waals surface area contributed by atoms with Crippen molar-refractivity contribution in [1.29, 1.82) is 0 Å². The van der Waals surface area contributed by atoms with Crippen molar-refractivity contribution in [2.75, 3.05) is 6.54 Å². The average Bonchev–Trinajstić information content (AvgIpc) is 2.15. The summed E-state index contributed by atoms with van der Waals surface area (Å²) in [5, 5.41) is 5.02. The molecule has 0 aromatic heterocycles. The lowest BCUT2D eigenvalue weighted by Gasteiger charge is -2.09. The Balaban J connectivity index is 2.28. The van der Waals surface area contributed by atoms with E-state index in [0.29, 0.717) is 6.54 Å². The largest absolute Gasteiger partial charge is 0.331 e. The highest BCUT2D eigenvalue weighted by atomic mass is 16.7. The van der Waals surface area contributed by atoms with Gasteiger partial charge in [0.05, 0.1) is 6.54 Å². The summed E-state index contributed by atoms with van der Waals surface area (Å²) < 4.78 is 0. The minimum Gasteiger partial charge on any atom is -0.324 e. The molecular weight excluding hydrogens is 120 g/mol. The number of hydrazone groups is 1. The van der Waals surface area contributed by atoms with Crippen LogP contribution in [-0.2, 0) is 9.63 Å². The summed E-state index contributed by atoms with van der Waals surface area (Å²) in [6, 6.07) is 0. The zero-order valence-corrected chi connectivity index (χ0v) is 5.20. The topological polar surface area (TPSA) is 41.9 Å². The molecule has 0 amide bonds. The number of carbonyl (C=O) groups excluding carboxylic acids is 1. The van der Waals surface area contributed by atoms with Crippen LogP contribution in [0.2, 0.25) is 0 Å². The second-order valence-electron chi connectivity index (χ2n) is 1.75. The van der Waals surface area contributed by atoms with Crippen LogP contribution >= 0.6 is 0 Å². The molecule has 0 radical (unpaired) electrons. The normalized spacial score (nSPS) is 16.3. The zero-order valence-electron chi connectivity index (χ0n) is 5.20. The molecule has 0 N–H and O–H groups in total. The molecule has 0 atom stereocenters. The molecule has 0 unspecified atom stereocenters. The standard InChI is InChI=1S/C5H8N2O2/c1-5(8)9-7-4-2-3-6-7/h3H,2,4H2,1H3. The second-order valence-corrected chi connectivity index (χ2v) is 1.75. The monoisotopic (exact) mass is 128 g/mol. The Morgan fingerprint density at radius 1 is 1.89 bits per heavy atom. The van der Waals surface area contributed by atoms with Crippen LogP contribution in [-0.4, -0.2) is 23.9 Å². The van der Waals surface area contributed by atoms with Crippen molar-refractivity contribution in [3.63, 3.8) is 0 Å². The summed E-state index contributed by atoms with van der Waals surface area (Å²) in [7, 11) is 0. The number of carbonyl (C=O) groups is 1. The Kier molecular flexibility index (Phi) is 1.67. The van der Waals surface area contributed by atoms with Crippen LogP contribution < -0.4 is 0 Å². The molecule has 4 nitrogen and oxygen atoms in total. The Labute approximate surface area is 53.0 Å². The van der Waals surface area contributed by atoms with E-state index in [4.69, 9.17) is 0 Å². The molecule has 1 heterocycles. The number of nitrogens with zero attached hydrogens (tertiary/aromatic N) is 2. The van der Waals surface area contributed by atoms with Crippen LogP contribution in [0.5, 0.6) is 0 Å². The van der Waals surface area contributed by atoms with E-state index in [1.165, 1.54) is 12.1 Å². The smallest absolute Gasteiger partial charge is 0.324 e. The molecule has 0 aromatic carbocycles. The maximum atomic E-state index is 10.3. The highest BCUT2D eigenvalue weighted by Gasteiger charge is 2.07. The van der Waals surface area contributed by atoms with Gasteiger partial charge in [-0.2, -0.15) is 5.10 Å². The second kappa shape index (κ2) is 2.48. The minimum absolute atomic E-state index is 0.325. The average molecular weight is 128 g/mol. The number of hydroxylamine groups is 1. The van der Waals surface area contributed by atoms with Crippen molar-refractivity contribution < 1.29 is 9.63 Å². The van der Waals surface area contributed by atoms with Gasteiger partial charge in [-0.25, -0.2) is 4.79 Å². The molecule has 0 aromatic rings. The number of hydrogen-bond acceptors (Lipinski definition) is 4. The lowest BCUT2D eigenvalue weighted by atomic mass is 10.5. The van der Waals surface area contributed by atoms with E-state index < -0.39 is 0 Å². The molecule has 1 aliphatic heterocycles. The molecule has 0 spiro atoms. The van der Waals surface area contributed by atoms with Crippen LogP contribution in [0.25, 0.3) is 0 Å². The first-order valence-electron chi connectivity index (χ1n) is 2.77. The minimum atomic E-state index is -0.325. The molecule has 0 saturated carbocycles. The Morgan fingerprint density at radius 2 is 2.67 bits per heavy atom. The van der Waals surface area contributed by atoms with E-state index in [1.54, 1.807) is 6.21 Å². The lowest BCUT2D eigenvalue weighted by Crippen LogP contribution is -2.17. The zero-order chi connectivity index (χ0) is 6.69. The number of hydrogen-bond donors (Lipinski definition) is 0. The molecule has 9 heavy (non-hydrogen) atoms. The summed E-state index contributed by atoms with van der Waals surface area (Å²) in [5.41, 5.74) is 0. The van der Waals surface area contributed by atoms with Gasteiger partial charge in [0, 0.05) is 19.6 Å². The molecule has 50 valence electrons. The molecule has 0 aliphatic carbocycles. The van der Waals surface area contributed by atoms with E-state index in [9.17, 15) is 4.79 Å². The first-order valence-corrected chi connectivity index (χ1v) is 2.77. The van der Waals surface area contributed by atoms with Gasteiger partial charge in [0.15, 0.2) is 0 Å². The molecule has 1 rings (SSSR count). The summed E-state index contributed by atoms with van der Waals surface area (Å²) in [6.45, 7) is 2.04. The first kappa shape index (κ1) is 6.07. The van der Waals surface area contributed by atoms with Crippen molar-refractivity contribution in [3.05, 3.63) is 0 Å². The maximum Gasteiger partial charge on any atom is 0.331 e. The molecule has 0 bridgehead atoms. The molecule has 0 saturated heterocycles. The quantitative estimate of drug-likeness (QED) is 0.505. The van der Waals surface area contributed by atoms with Crippen LogP contribution in [0.15, 0.2) is 5.10 Å².